The molecule has 0 radical (unpaired) electrons. The molecule has 1 saturated heterocycles. The number of likely N-dealkylation sites (N-methyl/N-ethyl adjacent to an activating group) is 1. The van der Waals surface area contributed by atoms with Crippen LogP contribution in [0.1, 0.15) is 12.5 Å². The van der Waals surface area contributed by atoms with Crippen molar-refractivity contribution >= 4 is 11.4 Å². The Balaban J connectivity index is 2.28. The van der Waals surface area contributed by atoms with Crippen molar-refractivity contribution in [1.29, 1.82) is 0 Å². The Kier molecular flexibility index (Phi) is 4.01. The Morgan fingerprint density at radius 1 is 1.47 bits per heavy atom. The number of anilines is 1. The molecular weight excluding hydrogens is 246 g/mol. The first-order valence-electron chi connectivity index (χ1n) is 6.36. The quantitative estimate of drug-likeness (QED) is 0.657. The number of hydrogen-bond acceptors (Lipinski definition) is 5. The van der Waals surface area contributed by atoms with E-state index in [2.05, 4.69) is 23.8 Å². The number of benzene rings is 1. The molecule has 1 aromatic carbocycles. The molecule has 1 aliphatic rings. The fraction of sp³-hybridized carbons (Fsp3) is 0.538. The zero-order valence-electron chi connectivity index (χ0n) is 11.2. The summed E-state index contributed by atoms with van der Waals surface area (Å²) in [6.45, 7) is 4.64. The summed E-state index contributed by atoms with van der Waals surface area (Å²) < 4.78 is 0. The maximum Gasteiger partial charge on any atom is 0.275 e. The molecule has 1 atom stereocenters. The number of nitro benzene ring substituents is 1. The maximum absolute atomic E-state index is 10.8. The van der Waals surface area contributed by atoms with Crippen LogP contribution in [0.15, 0.2) is 18.2 Å². The monoisotopic (exact) mass is 265 g/mol. The highest BCUT2D eigenvalue weighted by atomic mass is 16.6. The second kappa shape index (κ2) is 5.54. The smallest absolute Gasteiger partial charge is 0.275 e. The van der Waals surface area contributed by atoms with Crippen LogP contribution in [0.2, 0.25) is 0 Å². The summed E-state index contributed by atoms with van der Waals surface area (Å²) in [5.74, 6) is 0. The standard InChI is InChI=1S/C13H19N3O3/c1-10-8-14(2)5-6-15(10)12-3-4-13(16(18)19)11(7-12)9-17/h3-4,7,10,17H,5-6,8-9H2,1-2H3. The fourth-order valence-electron chi connectivity index (χ4n) is 2.58. The van der Waals surface area contributed by atoms with E-state index in [4.69, 9.17) is 0 Å². The molecule has 1 unspecified atom stereocenters. The lowest BCUT2D eigenvalue weighted by atomic mass is 10.1. The highest BCUT2D eigenvalue weighted by molar-refractivity contribution is 5.56. The molecule has 6 heteroatoms. The van der Waals surface area contributed by atoms with Gasteiger partial charge >= 0.3 is 0 Å². The van der Waals surface area contributed by atoms with Crippen LogP contribution in [0.5, 0.6) is 0 Å². The minimum Gasteiger partial charge on any atom is -0.391 e. The lowest BCUT2D eigenvalue weighted by Crippen LogP contribution is -2.50. The molecule has 1 heterocycles. The third-order valence-corrected chi connectivity index (χ3v) is 3.59. The van der Waals surface area contributed by atoms with E-state index in [9.17, 15) is 15.2 Å². The van der Waals surface area contributed by atoms with Gasteiger partial charge in [-0.2, -0.15) is 0 Å². The Labute approximate surface area is 112 Å². The van der Waals surface area contributed by atoms with Gasteiger partial charge in [0.2, 0.25) is 0 Å². The SMILES string of the molecule is CC1CN(C)CCN1c1ccc([N+](=O)[O-])c(CO)c1. The third-order valence-electron chi connectivity index (χ3n) is 3.59. The molecule has 19 heavy (non-hydrogen) atoms. The van der Waals surface area contributed by atoms with Gasteiger partial charge < -0.3 is 14.9 Å². The molecule has 1 fully saturated rings. The highest BCUT2D eigenvalue weighted by Crippen LogP contribution is 2.27. The van der Waals surface area contributed by atoms with Crippen LogP contribution in [0.4, 0.5) is 11.4 Å². The van der Waals surface area contributed by atoms with Gasteiger partial charge in [0, 0.05) is 37.4 Å². The van der Waals surface area contributed by atoms with Gasteiger partial charge in [0.1, 0.15) is 0 Å². The van der Waals surface area contributed by atoms with Gasteiger partial charge in [-0.25, -0.2) is 0 Å². The predicted molar refractivity (Wildman–Crippen MR) is 73.3 cm³/mol. The van der Waals surface area contributed by atoms with E-state index in [-0.39, 0.29) is 12.3 Å². The van der Waals surface area contributed by atoms with Crippen LogP contribution < -0.4 is 4.90 Å². The number of aliphatic hydroxyl groups is 1. The summed E-state index contributed by atoms with van der Waals surface area (Å²) in [6, 6.07) is 5.32. The molecule has 0 saturated carbocycles. The zero-order valence-corrected chi connectivity index (χ0v) is 11.2. The number of nitrogens with zero attached hydrogens (tertiary/aromatic N) is 3. The third kappa shape index (κ3) is 2.85. The van der Waals surface area contributed by atoms with Gasteiger partial charge in [0.05, 0.1) is 17.1 Å². The van der Waals surface area contributed by atoms with Gasteiger partial charge in [-0.3, -0.25) is 10.1 Å². The van der Waals surface area contributed by atoms with Crippen LogP contribution in [-0.2, 0) is 6.61 Å². The summed E-state index contributed by atoms with van der Waals surface area (Å²) >= 11 is 0. The minimum atomic E-state index is -0.456. The number of aliphatic hydroxyl groups excluding tert-OH is 1. The molecule has 6 nitrogen and oxygen atoms in total. The van der Waals surface area contributed by atoms with E-state index in [1.807, 2.05) is 0 Å². The van der Waals surface area contributed by atoms with E-state index in [0.717, 1.165) is 25.3 Å². The molecule has 104 valence electrons. The van der Waals surface area contributed by atoms with Crippen molar-refractivity contribution in [3.8, 4) is 0 Å². The number of hydrogen-bond donors (Lipinski definition) is 1. The summed E-state index contributed by atoms with van der Waals surface area (Å²) in [4.78, 5) is 14.9. The van der Waals surface area contributed by atoms with E-state index < -0.39 is 4.92 Å². The first-order chi connectivity index (χ1) is 9.02. The fourth-order valence-corrected chi connectivity index (χ4v) is 2.58. The van der Waals surface area contributed by atoms with E-state index in [1.165, 1.54) is 6.07 Å². The van der Waals surface area contributed by atoms with Crippen molar-refractivity contribution in [1.82, 2.24) is 4.90 Å². The maximum atomic E-state index is 10.8. The lowest BCUT2D eigenvalue weighted by molar-refractivity contribution is -0.385. The van der Waals surface area contributed by atoms with Crippen LogP contribution in [-0.4, -0.2) is 47.7 Å². The van der Waals surface area contributed by atoms with Crippen molar-refractivity contribution in [2.24, 2.45) is 0 Å². The van der Waals surface area contributed by atoms with Crippen molar-refractivity contribution in [3.63, 3.8) is 0 Å². The van der Waals surface area contributed by atoms with Gasteiger partial charge in [0.15, 0.2) is 0 Å². The predicted octanol–water partition coefficient (Wildman–Crippen LogP) is 1.23. The first-order valence-corrected chi connectivity index (χ1v) is 6.36. The second-order valence-electron chi connectivity index (χ2n) is 5.03. The van der Waals surface area contributed by atoms with Crippen LogP contribution in [0.25, 0.3) is 0 Å². The molecule has 0 aromatic heterocycles. The van der Waals surface area contributed by atoms with Crippen LogP contribution in [0.3, 0.4) is 0 Å². The molecular formula is C13H19N3O3. The van der Waals surface area contributed by atoms with Gasteiger partial charge in [-0.05, 0) is 26.1 Å². The molecule has 2 rings (SSSR count). The average molecular weight is 265 g/mol. The first kappa shape index (κ1) is 13.8. The minimum absolute atomic E-state index is 0.0203. The van der Waals surface area contributed by atoms with Gasteiger partial charge in [-0.15, -0.1) is 0 Å². The number of piperazine rings is 1. The zero-order chi connectivity index (χ0) is 14.0. The Morgan fingerprint density at radius 2 is 2.21 bits per heavy atom. The number of nitro groups is 1. The molecule has 0 bridgehead atoms. The second-order valence-corrected chi connectivity index (χ2v) is 5.03. The Morgan fingerprint density at radius 3 is 2.79 bits per heavy atom. The van der Waals surface area contributed by atoms with Gasteiger partial charge in [0.25, 0.3) is 5.69 Å². The summed E-state index contributed by atoms with van der Waals surface area (Å²) in [6.07, 6.45) is 0. The lowest BCUT2D eigenvalue weighted by Gasteiger charge is -2.39. The average Bonchev–Trinajstić information content (AvgIpc) is 2.37. The van der Waals surface area contributed by atoms with Crippen molar-refractivity contribution < 1.29 is 10.0 Å². The van der Waals surface area contributed by atoms with E-state index in [1.54, 1.807) is 12.1 Å². The van der Waals surface area contributed by atoms with E-state index >= 15 is 0 Å². The molecule has 0 amide bonds. The summed E-state index contributed by atoms with van der Waals surface area (Å²) in [5.41, 5.74) is 1.29. The molecule has 1 aromatic rings. The van der Waals surface area contributed by atoms with Crippen LogP contribution >= 0.6 is 0 Å². The molecule has 1 aliphatic heterocycles. The van der Waals surface area contributed by atoms with Crippen molar-refractivity contribution in [3.05, 3.63) is 33.9 Å². The van der Waals surface area contributed by atoms with Gasteiger partial charge in [-0.1, -0.05) is 0 Å². The van der Waals surface area contributed by atoms with E-state index in [0.29, 0.717) is 11.6 Å². The van der Waals surface area contributed by atoms with Crippen LogP contribution in [0, 0.1) is 10.1 Å². The Bertz CT molecular complexity index is 478. The van der Waals surface area contributed by atoms with Crippen molar-refractivity contribution in [2.45, 2.75) is 19.6 Å². The molecule has 0 spiro atoms. The molecule has 0 aliphatic carbocycles. The topological polar surface area (TPSA) is 69.9 Å². The summed E-state index contributed by atoms with van der Waals surface area (Å²) in [7, 11) is 2.09. The highest BCUT2D eigenvalue weighted by Gasteiger charge is 2.23. The van der Waals surface area contributed by atoms with Crippen molar-refractivity contribution in [2.75, 3.05) is 31.6 Å². The largest absolute Gasteiger partial charge is 0.391 e. The normalized spacial score (nSPS) is 20.6. The Hall–Kier alpha value is -1.66. The number of rotatable bonds is 3. The molecule has 1 N–H and O–H groups in total. The summed E-state index contributed by atoms with van der Waals surface area (Å²) in [5, 5.41) is 20.1.